The number of halogens is 3. The van der Waals surface area contributed by atoms with Crippen molar-refractivity contribution in [2.45, 2.75) is 53.0 Å². The van der Waals surface area contributed by atoms with E-state index in [9.17, 15) is 27.6 Å². The van der Waals surface area contributed by atoms with Crippen LogP contribution in [0.4, 0.5) is 18.0 Å². The van der Waals surface area contributed by atoms with Crippen molar-refractivity contribution in [3.63, 3.8) is 0 Å². The highest BCUT2D eigenvalue weighted by atomic mass is 19.4. The Balaban J connectivity index is 2.39. The molecule has 1 amide bonds. The summed E-state index contributed by atoms with van der Waals surface area (Å²) in [5, 5.41) is 3.71. The van der Waals surface area contributed by atoms with Crippen LogP contribution in [0, 0.1) is 0 Å². The molecule has 10 nitrogen and oxygen atoms in total. The van der Waals surface area contributed by atoms with Gasteiger partial charge in [-0.1, -0.05) is 6.92 Å². The average molecular weight is 455 g/mol. The van der Waals surface area contributed by atoms with Crippen LogP contribution in [0.5, 0.6) is 0 Å². The van der Waals surface area contributed by atoms with Crippen molar-refractivity contribution in [2.24, 2.45) is 0 Å². The van der Waals surface area contributed by atoms with Crippen molar-refractivity contribution in [3.05, 3.63) is 33.2 Å². The third-order valence-electron chi connectivity index (χ3n) is 5.01. The fourth-order valence-corrected chi connectivity index (χ4v) is 3.38. The van der Waals surface area contributed by atoms with Crippen LogP contribution in [0.15, 0.2) is 22.0 Å². The Morgan fingerprint density at radius 3 is 2.41 bits per heavy atom. The van der Waals surface area contributed by atoms with Gasteiger partial charge in [-0.15, -0.1) is 0 Å². The number of nitrogens with zero attached hydrogens (tertiary/aromatic N) is 7. The van der Waals surface area contributed by atoms with Crippen LogP contribution in [-0.2, 0) is 19.6 Å². The fourth-order valence-electron chi connectivity index (χ4n) is 3.38. The van der Waals surface area contributed by atoms with Crippen LogP contribution in [0.25, 0.3) is 22.6 Å². The number of aryl methyl sites for hydroxylation is 1. The topological polar surface area (TPSA) is 99.9 Å². The molecular formula is C19H24F3N7O3. The standard InChI is InChI=1S/C19H24F3N7O3/c1-5-8-28-16(30)13-15(27(7-3)18(28)32)24-14(29(13)17(31)25(4)6-2)12-9-23-26(10-12)11-19(20,21)22/h9-10H,5-8,11H2,1-4H3. The molecule has 0 bridgehead atoms. The van der Waals surface area contributed by atoms with Gasteiger partial charge in [-0.25, -0.2) is 19.1 Å². The quantitative estimate of drug-likeness (QED) is 0.567. The Morgan fingerprint density at radius 2 is 1.84 bits per heavy atom. The maximum absolute atomic E-state index is 13.2. The van der Waals surface area contributed by atoms with E-state index in [2.05, 4.69) is 10.1 Å². The van der Waals surface area contributed by atoms with E-state index in [0.717, 1.165) is 21.5 Å². The number of amides is 1. The first kappa shape index (κ1) is 23.3. The molecule has 0 saturated carbocycles. The minimum atomic E-state index is -4.49. The third-order valence-corrected chi connectivity index (χ3v) is 5.01. The van der Waals surface area contributed by atoms with E-state index in [1.54, 1.807) is 20.8 Å². The van der Waals surface area contributed by atoms with Gasteiger partial charge < -0.3 is 4.90 Å². The Bertz CT molecular complexity index is 1270. The third kappa shape index (κ3) is 4.06. The summed E-state index contributed by atoms with van der Waals surface area (Å²) in [6, 6.07) is -0.602. The summed E-state index contributed by atoms with van der Waals surface area (Å²) in [5.74, 6) is -0.0633. The van der Waals surface area contributed by atoms with Gasteiger partial charge >= 0.3 is 17.9 Å². The second-order valence-electron chi connectivity index (χ2n) is 7.27. The molecule has 3 rings (SSSR count). The van der Waals surface area contributed by atoms with Gasteiger partial charge in [0.1, 0.15) is 6.54 Å². The van der Waals surface area contributed by atoms with Gasteiger partial charge in [0.25, 0.3) is 5.56 Å². The summed E-state index contributed by atoms with van der Waals surface area (Å²) in [4.78, 5) is 44.9. The zero-order valence-corrected chi connectivity index (χ0v) is 18.2. The number of carbonyl (C=O) groups is 1. The Hall–Kier alpha value is -3.38. The van der Waals surface area contributed by atoms with Crippen LogP contribution >= 0.6 is 0 Å². The molecule has 0 aliphatic rings. The van der Waals surface area contributed by atoms with Gasteiger partial charge in [0.15, 0.2) is 17.0 Å². The molecule has 32 heavy (non-hydrogen) atoms. The van der Waals surface area contributed by atoms with Gasteiger partial charge in [0.2, 0.25) is 0 Å². The van der Waals surface area contributed by atoms with Gasteiger partial charge in [-0.05, 0) is 20.3 Å². The number of alkyl halides is 3. The van der Waals surface area contributed by atoms with E-state index in [1.165, 1.54) is 16.5 Å². The zero-order valence-electron chi connectivity index (χ0n) is 18.2. The molecule has 0 atom stereocenters. The number of fused-ring (bicyclic) bond motifs is 1. The van der Waals surface area contributed by atoms with Gasteiger partial charge in [-0.2, -0.15) is 18.3 Å². The van der Waals surface area contributed by atoms with Gasteiger partial charge in [0.05, 0.1) is 11.8 Å². The van der Waals surface area contributed by atoms with E-state index in [4.69, 9.17) is 0 Å². The molecule has 174 valence electrons. The van der Waals surface area contributed by atoms with Crippen molar-refractivity contribution in [1.82, 2.24) is 33.4 Å². The maximum atomic E-state index is 13.2. The molecule has 0 aromatic carbocycles. The summed E-state index contributed by atoms with van der Waals surface area (Å²) < 4.78 is 42.3. The predicted molar refractivity (Wildman–Crippen MR) is 111 cm³/mol. The lowest BCUT2D eigenvalue weighted by atomic mass is 10.3. The highest BCUT2D eigenvalue weighted by Crippen LogP contribution is 2.25. The zero-order chi connectivity index (χ0) is 23.8. The maximum Gasteiger partial charge on any atom is 0.408 e. The van der Waals surface area contributed by atoms with Crippen molar-refractivity contribution in [2.75, 3.05) is 13.6 Å². The molecule has 3 aromatic heterocycles. The first-order chi connectivity index (χ1) is 15.0. The fraction of sp³-hybridized carbons (Fsp3) is 0.526. The van der Waals surface area contributed by atoms with Gasteiger partial charge in [-0.3, -0.25) is 18.6 Å². The molecule has 0 unspecified atom stereocenters. The predicted octanol–water partition coefficient (Wildman–Crippen LogP) is 2.14. The number of imidazole rings is 1. The Kier molecular flexibility index (Phi) is 6.28. The monoisotopic (exact) mass is 455 g/mol. The van der Waals surface area contributed by atoms with E-state index in [1.807, 2.05) is 0 Å². The average Bonchev–Trinajstić information content (AvgIpc) is 3.33. The lowest BCUT2D eigenvalue weighted by molar-refractivity contribution is -0.142. The van der Waals surface area contributed by atoms with Crippen LogP contribution in [0.2, 0.25) is 0 Å². The van der Waals surface area contributed by atoms with E-state index >= 15 is 0 Å². The number of hydrogen-bond donors (Lipinski definition) is 0. The molecule has 3 aromatic rings. The first-order valence-electron chi connectivity index (χ1n) is 10.1. The van der Waals surface area contributed by atoms with E-state index in [0.29, 0.717) is 17.6 Å². The highest BCUT2D eigenvalue weighted by molar-refractivity contribution is 5.92. The molecule has 0 spiro atoms. The SMILES string of the molecule is CCCn1c(=O)c2c(nc(-c3cnn(CC(F)(F)F)c3)n2C(=O)N(C)CC)n(CC)c1=O. The highest BCUT2D eigenvalue weighted by Gasteiger charge is 2.30. The van der Waals surface area contributed by atoms with Crippen LogP contribution in [0.3, 0.4) is 0 Å². The van der Waals surface area contributed by atoms with Crippen LogP contribution < -0.4 is 11.2 Å². The molecule has 0 aliphatic heterocycles. The summed E-state index contributed by atoms with van der Waals surface area (Å²) in [6.07, 6.45) is -1.73. The number of aromatic nitrogens is 6. The molecule has 0 fully saturated rings. The smallest absolute Gasteiger partial charge is 0.327 e. The summed E-state index contributed by atoms with van der Waals surface area (Å²) in [6.45, 7) is 4.55. The molecular weight excluding hydrogens is 431 g/mol. The second-order valence-corrected chi connectivity index (χ2v) is 7.27. The van der Waals surface area contributed by atoms with Crippen molar-refractivity contribution >= 4 is 17.2 Å². The lowest BCUT2D eigenvalue weighted by Crippen LogP contribution is -2.41. The minimum Gasteiger partial charge on any atom is -0.327 e. The Morgan fingerprint density at radius 1 is 1.16 bits per heavy atom. The lowest BCUT2D eigenvalue weighted by Gasteiger charge is -2.17. The summed E-state index contributed by atoms with van der Waals surface area (Å²) >= 11 is 0. The van der Waals surface area contributed by atoms with Gasteiger partial charge in [0, 0.05) is 32.9 Å². The normalized spacial score (nSPS) is 12.0. The number of hydrogen-bond acceptors (Lipinski definition) is 5. The first-order valence-corrected chi connectivity index (χ1v) is 10.1. The molecule has 0 N–H and O–H groups in total. The Labute approximate surface area is 180 Å². The number of carbonyl (C=O) groups excluding carboxylic acids is 1. The van der Waals surface area contributed by atoms with Crippen LogP contribution in [-0.4, -0.2) is 59.2 Å². The van der Waals surface area contributed by atoms with Crippen molar-refractivity contribution < 1.29 is 18.0 Å². The molecule has 0 radical (unpaired) electrons. The summed E-state index contributed by atoms with van der Waals surface area (Å²) in [5.41, 5.74) is -1.25. The minimum absolute atomic E-state index is 0.00808. The van der Waals surface area contributed by atoms with Crippen LogP contribution in [0.1, 0.15) is 27.2 Å². The largest absolute Gasteiger partial charge is 0.408 e. The molecule has 0 saturated heterocycles. The number of rotatable bonds is 6. The van der Waals surface area contributed by atoms with E-state index < -0.39 is 30.0 Å². The van der Waals surface area contributed by atoms with Crippen molar-refractivity contribution in [3.8, 4) is 11.4 Å². The summed E-state index contributed by atoms with van der Waals surface area (Å²) in [7, 11) is 1.52. The molecule has 0 aliphatic carbocycles. The molecule has 13 heteroatoms. The second kappa shape index (κ2) is 8.63. The van der Waals surface area contributed by atoms with Crippen molar-refractivity contribution in [1.29, 1.82) is 0 Å². The van der Waals surface area contributed by atoms with E-state index in [-0.39, 0.29) is 35.6 Å². The molecule has 3 heterocycles.